The zero-order chi connectivity index (χ0) is 17.2. The number of rotatable bonds is 4. The molecule has 0 spiro atoms. The Bertz CT molecular complexity index is 877. The van der Waals surface area contributed by atoms with Gasteiger partial charge in [0.05, 0.1) is 17.6 Å². The van der Waals surface area contributed by atoms with Crippen LogP contribution < -0.4 is 9.04 Å². The summed E-state index contributed by atoms with van der Waals surface area (Å²) >= 11 is 0. The van der Waals surface area contributed by atoms with Gasteiger partial charge in [-0.15, -0.1) is 0 Å². The zero-order valence-corrected chi connectivity index (χ0v) is 13.4. The van der Waals surface area contributed by atoms with Gasteiger partial charge in [-0.05, 0) is 23.8 Å². The molecule has 0 bridgehead atoms. The maximum atomic E-state index is 12.7. The van der Waals surface area contributed by atoms with E-state index in [2.05, 4.69) is 0 Å². The van der Waals surface area contributed by atoms with E-state index in [1.54, 1.807) is 48.5 Å². The zero-order valence-electron chi connectivity index (χ0n) is 12.6. The van der Waals surface area contributed by atoms with Gasteiger partial charge in [-0.2, -0.15) is 0 Å². The summed E-state index contributed by atoms with van der Waals surface area (Å²) < 4.78 is 31.8. The van der Waals surface area contributed by atoms with Crippen molar-refractivity contribution < 1.29 is 23.1 Å². The molecular weight excluding hydrogens is 330 g/mol. The molecule has 0 saturated carbocycles. The van der Waals surface area contributed by atoms with Gasteiger partial charge in [0.15, 0.2) is 0 Å². The molecule has 6 nitrogen and oxygen atoms in total. The number of fused-ring (bicyclic) bond motifs is 1. The van der Waals surface area contributed by atoms with E-state index in [0.29, 0.717) is 5.69 Å². The van der Waals surface area contributed by atoms with E-state index in [4.69, 9.17) is 4.74 Å². The molecule has 0 aromatic heterocycles. The second-order valence-corrected chi connectivity index (χ2v) is 6.94. The standard InChI is InChI=1S/C17H15NO5S/c19-17(20)16-12-18(14-8-4-5-9-15(14)23-16)24(21,22)11-10-13-6-2-1-3-7-13/h1-11,16H,12H2,(H,19,20). The Kier molecular flexibility index (Phi) is 4.26. The highest BCUT2D eigenvalue weighted by atomic mass is 32.2. The molecule has 2 aromatic rings. The fourth-order valence-corrected chi connectivity index (χ4v) is 3.62. The molecule has 1 aliphatic heterocycles. The summed E-state index contributed by atoms with van der Waals surface area (Å²) in [4.78, 5) is 11.3. The molecule has 24 heavy (non-hydrogen) atoms. The number of carboxylic acids is 1. The normalized spacial score (nSPS) is 17.3. The summed E-state index contributed by atoms with van der Waals surface area (Å²) in [5.41, 5.74) is 1.06. The number of hydrogen-bond acceptors (Lipinski definition) is 4. The molecule has 0 radical (unpaired) electrons. The van der Waals surface area contributed by atoms with Crippen LogP contribution >= 0.6 is 0 Å². The van der Waals surface area contributed by atoms with Gasteiger partial charge >= 0.3 is 5.97 Å². The molecule has 1 atom stereocenters. The Morgan fingerprint density at radius 3 is 2.50 bits per heavy atom. The van der Waals surface area contributed by atoms with Crippen molar-refractivity contribution in [1.29, 1.82) is 0 Å². The molecule has 0 aliphatic carbocycles. The van der Waals surface area contributed by atoms with Gasteiger partial charge in [0.25, 0.3) is 10.0 Å². The Balaban J connectivity index is 1.97. The number of sulfonamides is 1. The number of carbonyl (C=O) groups is 1. The second-order valence-electron chi connectivity index (χ2n) is 5.20. The Labute approximate surface area is 139 Å². The lowest BCUT2D eigenvalue weighted by Gasteiger charge is -2.32. The number of anilines is 1. The summed E-state index contributed by atoms with van der Waals surface area (Å²) in [5, 5.41) is 10.3. The fourth-order valence-electron chi connectivity index (χ4n) is 2.37. The molecule has 0 fully saturated rings. The lowest BCUT2D eigenvalue weighted by Crippen LogP contribution is -2.46. The first-order valence-electron chi connectivity index (χ1n) is 7.22. The SMILES string of the molecule is O=C(O)C1CN(S(=O)(=O)C=Cc2ccccc2)c2ccccc2O1. The molecule has 1 N–H and O–H groups in total. The minimum absolute atomic E-state index is 0.229. The van der Waals surface area contributed by atoms with Crippen molar-refractivity contribution in [3.63, 3.8) is 0 Å². The van der Waals surface area contributed by atoms with Crippen LogP contribution in [0.15, 0.2) is 60.0 Å². The topological polar surface area (TPSA) is 83.9 Å². The van der Waals surface area contributed by atoms with Crippen molar-refractivity contribution in [3.8, 4) is 5.75 Å². The lowest BCUT2D eigenvalue weighted by atomic mass is 10.2. The number of para-hydroxylation sites is 2. The molecule has 1 heterocycles. The van der Waals surface area contributed by atoms with Crippen LogP contribution in [0.5, 0.6) is 5.75 Å². The molecule has 1 unspecified atom stereocenters. The minimum atomic E-state index is -3.85. The van der Waals surface area contributed by atoms with Crippen LogP contribution in [0.25, 0.3) is 6.08 Å². The quantitative estimate of drug-likeness (QED) is 0.919. The predicted octanol–water partition coefficient (Wildman–Crippen LogP) is 2.34. The van der Waals surface area contributed by atoms with Gasteiger partial charge in [0, 0.05) is 0 Å². The van der Waals surface area contributed by atoms with Crippen molar-refractivity contribution in [2.45, 2.75) is 6.10 Å². The number of carboxylic acid groups (broad SMARTS) is 1. The highest BCUT2D eigenvalue weighted by Crippen LogP contribution is 2.35. The van der Waals surface area contributed by atoms with Gasteiger partial charge in [-0.25, -0.2) is 13.2 Å². The van der Waals surface area contributed by atoms with Crippen molar-refractivity contribution in [2.75, 3.05) is 10.8 Å². The van der Waals surface area contributed by atoms with Gasteiger partial charge in [-0.3, -0.25) is 4.31 Å². The monoisotopic (exact) mass is 345 g/mol. The Morgan fingerprint density at radius 1 is 1.12 bits per heavy atom. The average molecular weight is 345 g/mol. The average Bonchev–Trinajstić information content (AvgIpc) is 2.60. The number of benzene rings is 2. The van der Waals surface area contributed by atoms with Crippen molar-refractivity contribution >= 4 is 27.8 Å². The second kappa shape index (κ2) is 6.37. The molecule has 3 rings (SSSR count). The predicted molar refractivity (Wildman–Crippen MR) is 90.2 cm³/mol. The van der Waals surface area contributed by atoms with Crippen LogP contribution in [0.4, 0.5) is 5.69 Å². The summed E-state index contributed by atoms with van der Waals surface area (Å²) in [7, 11) is -3.85. The molecule has 7 heteroatoms. The van der Waals surface area contributed by atoms with E-state index in [0.717, 1.165) is 15.3 Å². The van der Waals surface area contributed by atoms with Crippen LogP contribution in [0.3, 0.4) is 0 Å². The summed E-state index contributed by atoms with van der Waals surface area (Å²) in [6.07, 6.45) is 0.225. The van der Waals surface area contributed by atoms with Crippen LogP contribution in [0.1, 0.15) is 5.56 Å². The molecule has 0 amide bonds. The van der Waals surface area contributed by atoms with E-state index in [1.807, 2.05) is 6.07 Å². The third kappa shape index (κ3) is 3.26. The summed E-state index contributed by atoms with van der Waals surface area (Å²) in [6.45, 7) is -0.284. The Morgan fingerprint density at radius 2 is 1.79 bits per heavy atom. The minimum Gasteiger partial charge on any atom is -0.478 e. The maximum absolute atomic E-state index is 12.7. The van der Waals surface area contributed by atoms with Crippen LogP contribution in [-0.4, -0.2) is 32.1 Å². The number of hydrogen-bond donors (Lipinski definition) is 1. The highest BCUT2D eigenvalue weighted by Gasteiger charge is 2.35. The van der Waals surface area contributed by atoms with E-state index in [1.165, 1.54) is 6.08 Å². The molecule has 1 aliphatic rings. The van der Waals surface area contributed by atoms with Gasteiger partial charge in [0.1, 0.15) is 5.75 Å². The van der Waals surface area contributed by atoms with Gasteiger partial charge in [-0.1, -0.05) is 42.5 Å². The molecule has 0 saturated heterocycles. The molecular formula is C17H15NO5S. The van der Waals surface area contributed by atoms with Gasteiger partial charge in [0.2, 0.25) is 6.10 Å². The van der Waals surface area contributed by atoms with Crippen LogP contribution in [-0.2, 0) is 14.8 Å². The van der Waals surface area contributed by atoms with E-state index in [-0.39, 0.29) is 12.3 Å². The fraction of sp³-hybridized carbons (Fsp3) is 0.118. The Hall–Kier alpha value is -2.80. The van der Waals surface area contributed by atoms with Crippen molar-refractivity contribution in [3.05, 3.63) is 65.6 Å². The van der Waals surface area contributed by atoms with E-state index < -0.39 is 22.1 Å². The van der Waals surface area contributed by atoms with Crippen molar-refractivity contribution in [1.82, 2.24) is 0 Å². The lowest BCUT2D eigenvalue weighted by molar-refractivity contribution is -0.144. The number of nitrogens with zero attached hydrogens (tertiary/aromatic N) is 1. The molecule has 124 valence electrons. The maximum Gasteiger partial charge on any atom is 0.346 e. The third-order valence-electron chi connectivity index (χ3n) is 3.55. The smallest absolute Gasteiger partial charge is 0.346 e. The van der Waals surface area contributed by atoms with E-state index in [9.17, 15) is 18.3 Å². The highest BCUT2D eigenvalue weighted by molar-refractivity contribution is 7.95. The van der Waals surface area contributed by atoms with Crippen LogP contribution in [0, 0.1) is 0 Å². The molecule has 2 aromatic carbocycles. The number of ether oxygens (including phenoxy) is 1. The summed E-state index contributed by atoms with van der Waals surface area (Å²) in [6, 6.07) is 15.5. The first-order valence-corrected chi connectivity index (χ1v) is 8.72. The van der Waals surface area contributed by atoms with E-state index >= 15 is 0 Å². The third-order valence-corrected chi connectivity index (χ3v) is 4.99. The van der Waals surface area contributed by atoms with Gasteiger partial charge < -0.3 is 9.84 Å². The first kappa shape index (κ1) is 16.1. The van der Waals surface area contributed by atoms with Crippen molar-refractivity contribution in [2.24, 2.45) is 0 Å². The summed E-state index contributed by atoms with van der Waals surface area (Å²) in [5.74, 6) is -0.982. The first-order chi connectivity index (χ1) is 11.5. The number of aliphatic carboxylic acids is 1. The largest absolute Gasteiger partial charge is 0.478 e. The van der Waals surface area contributed by atoms with Crippen LogP contribution in [0.2, 0.25) is 0 Å².